The Kier molecular flexibility index (Phi) is 4.64. The molecule has 3 aromatic rings. The van der Waals surface area contributed by atoms with Crippen LogP contribution in [0.2, 0.25) is 0 Å². The van der Waals surface area contributed by atoms with Gasteiger partial charge in [0.15, 0.2) is 5.78 Å². The summed E-state index contributed by atoms with van der Waals surface area (Å²) >= 11 is 0. The van der Waals surface area contributed by atoms with E-state index in [0.717, 1.165) is 11.1 Å². The first-order valence-corrected chi connectivity index (χ1v) is 9.15. The second kappa shape index (κ2) is 7.28. The van der Waals surface area contributed by atoms with Crippen molar-refractivity contribution in [2.75, 3.05) is 0 Å². The highest BCUT2D eigenvalue weighted by molar-refractivity contribution is 6.40. The molecule has 142 valence electrons. The maximum atomic E-state index is 13.0. The molecule has 5 heteroatoms. The van der Waals surface area contributed by atoms with Gasteiger partial charge in [-0.2, -0.15) is 0 Å². The fourth-order valence-corrected chi connectivity index (χ4v) is 3.52. The molecular formula is C24H18N2O3. The van der Waals surface area contributed by atoms with E-state index < -0.39 is 5.91 Å². The quantitative estimate of drug-likeness (QED) is 0.677. The molecule has 29 heavy (non-hydrogen) atoms. The summed E-state index contributed by atoms with van der Waals surface area (Å²) in [7, 11) is 0. The maximum Gasteiger partial charge on any atom is 0.277 e. The maximum absolute atomic E-state index is 13.0. The van der Waals surface area contributed by atoms with Gasteiger partial charge in [-0.25, -0.2) is 4.99 Å². The Balaban J connectivity index is 1.89. The first-order chi connectivity index (χ1) is 14.0. The Morgan fingerprint density at radius 2 is 1.52 bits per heavy atom. The van der Waals surface area contributed by atoms with E-state index in [-0.39, 0.29) is 22.8 Å². The first-order valence-electron chi connectivity index (χ1n) is 9.15. The summed E-state index contributed by atoms with van der Waals surface area (Å²) in [6, 6.07) is 15.6. The topological polar surface area (TPSA) is 79.6 Å². The summed E-state index contributed by atoms with van der Waals surface area (Å²) < 4.78 is 0. The number of aliphatic imine (C=N–C) groups is 1. The van der Waals surface area contributed by atoms with Crippen LogP contribution in [0, 0.1) is 13.8 Å². The number of allylic oxidation sites excluding steroid dienone is 1. The van der Waals surface area contributed by atoms with Crippen molar-refractivity contribution in [2.45, 2.75) is 13.8 Å². The average Bonchev–Trinajstić information content (AvgIpc) is 2.97. The Labute approximate surface area is 168 Å². The van der Waals surface area contributed by atoms with Gasteiger partial charge in [0.05, 0.1) is 11.3 Å². The van der Waals surface area contributed by atoms with Crippen molar-refractivity contribution in [3.63, 3.8) is 0 Å². The van der Waals surface area contributed by atoms with E-state index >= 15 is 0 Å². The van der Waals surface area contributed by atoms with Gasteiger partial charge in [-0.1, -0.05) is 41.5 Å². The number of fused-ring (bicyclic) bond motifs is 1. The van der Waals surface area contributed by atoms with E-state index in [1.807, 2.05) is 19.9 Å². The minimum atomic E-state index is -0.479. The van der Waals surface area contributed by atoms with Gasteiger partial charge in [-0.3, -0.25) is 14.6 Å². The van der Waals surface area contributed by atoms with E-state index in [4.69, 9.17) is 0 Å². The number of carbonyl (C=O) groups is 2. The van der Waals surface area contributed by atoms with Gasteiger partial charge in [0.2, 0.25) is 0 Å². The zero-order chi connectivity index (χ0) is 20.5. The minimum absolute atomic E-state index is 0.0233. The molecule has 0 aliphatic heterocycles. The number of carbonyl (C=O) groups excluding carboxylic acids is 2. The molecule has 5 nitrogen and oxygen atoms in total. The van der Waals surface area contributed by atoms with Crippen LogP contribution in [-0.4, -0.2) is 27.5 Å². The Bertz CT molecular complexity index is 1190. The number of rotatable bonds is 3. The van der Waals surface area contributed by atoms with Crippen LogP contribution in [0.25, 0.3) is 5.76 Å². The lowest BCUT2D eigenvalue weighted by molar-refractivity contribution is 0.100. The third-order valence-corrected chi connectivity index (χ3v) is 4.76. The molecular weight excluding hydrogens is 364 g/mol. The molecule has 1 aromatic heterocycles. The van der Waals surface area contributed by atoms with Crippen LogP contribution in [0.4, 0.5) is 0 Å². The number of ketones is 1. The number of aliphatic hydroxyl groups excluding tert-OH is 1. The molecule has 2 aromatic carbocycles. The third kappa shape index (κ3) is 3.38. The number of nitrogens with zero attached hydrogens (tertiary/aromatic N) is 2. The third-order valence-electron chi connectivity index (χ3n) is 4.76. The molecule has 1 heterocycles. The van der Waals surface area contributed by atoms with Crippen molar-refractivity contribution >= 4 is 23.2 Å². The van der Waals surface area contributed by atoms with Crippen molar-refractivity contribution < 1.29 is 14.7 Å². The molecule has 1 aliphatic rings. The molecule has 1 N–H and O–H groups in total. The SMILES string of the molecule is Cc1cc(C)cc(C(=O)N=C(C2=C(O)c3ccccc3C2=O)c2ccncc2)c1. The highest BCUT2D eigenvalue weighted by atomic mass is 16.3. The lowest BCUT2D eigenvalue weighted by atomic mass is 9.99. The number of hydrogen-bond acceptors (Lipinski definition) is 4. The first kappa shape index (κ1) is 18.5. The predicted octanol–water partition coefficient (Wildman–Crippen LogP) is 4.49. The largest absolute Gasteiger partial charge is 0.506 e. The molecule has 0 unspecified atom stereocenters. The van der Waals surface area contributed by atoms with Crippen molar-refractivity contribution in [2.24, 2.45) is 4.99 Å². The van der Waals surface area contributed by atoms with Crippen LogP contribution in [0.15, 0.2) is 77.6 Å². The van der Waals surface area contributed by atoms with Crippen LogP contribution in [0.1, 0.15) is 43.0 Å². The summed E-state index contributed by atoms with van der Waals surface area (Å²) in [5, 5.41) is 10.8. The number of pyridine rings is 1. The summed E-state index contributed by atoms with van der Waals surface area (Å²) in [5.74, 6) is -1.01. The van der Waals surface area contributed by atoms with Gasteiger partial charge < -0.3 is 5.11 Å². The molecule has 0 fully saturated rings. The molecule has 1 aliphatic carbocycles. The lowest BCUT2D eigenvalue weighted by Crippen LogP contribution is -2.15. The highest BCUT2D eigenvalue weighted by Crippen LogP contribution is 2.33. The molecule has 0 atom stereocenters. The number of hydrogen-bond donors (Lipinski definition) is 1. The van der Waals surface area contributed by atoms with Crippen LogP contribution in [0.3, 0.4) is 0 Å². The zero-order valence-corrected chi connectivity index (χ0v) is 16.0. The number of aromatic nitrogens is 1. The fourth-order valence-electron chi connectivity index (χ4n) is 3.52. The predicted molar refractivity (Wildman–Crippen MR) is 111 cm³/mol. The van der Waals surface area contributed by atoms with Crippen molar-refractivity contribution in [3.8, 4) is 0 Å². The van der Waals surface area contributed by atoms with E-state index in [2.05, 4.69) is 9.98 Å². The van der Waals surface area contributed by atoms with Gasteiger partial charge in [0.25, 0.3) is 5.91 Å². The Morgan fingerprint density at radius 1 is 0.897 bits per heavy atom. The number of Topliss-reactive ketones (excluding diaryl/α,β-unsaturated/α-hetero) is 1. The van der Waals surface area contributed by atoms with Gasteiger partial charge >= 0.3 is 0 Å². The van der Waals surface area contributed by atoms with E-state index in [9.17, 15) is 14.7 Å². The molecule has 0 saturated carbocycles. The van der Waals surface area contributed by atoms with Crippen LogP contribution < -0.4 is 0 Å². The van der Waals surface area contributed by atoms with Gasteiger partial charge in [0, 0.05) is 34.6 Å². The second-order valence-electron chi connectivity index (χ2n) is 6.98. The van der Waals surface area contributed by atoms with E-state index in [1.54, 1.807) is 60.9 Å². The van der Waals surface area contributed by atoms with Crippen LogP contribution in [-0.2, 0) is 0 Å². The van der Waals surface area contributed by atoms with Crippen LogP contribution >= 0.6 is 0 Å². The fraction of sp³-hybridized carbons (Fsp3) is 0.0833. The molecule has 0 saturated heterocycles. The highest BCUT2D eigenvalue weighted by Gasteiger charge is 2.33. The van der Waals surface area contributed by atoms with Crippen molar-refractivity contribution in [1.82, 2.24) is 4.98 Å². The molecule has 4 rings (SSSR count). The number of aryl methyl sites for hydroxylation is 2. The van der Waals surface area contributed by atoms with E-state index in [1.165, 1.54) is 0 Å². The number of amides is 1. The van der Waals surface area contributed by atoms with Gasteiger partial charge in [-0.15, -0.1) is 0 Å². The monoisotopic (exact) mass is 382 g/mol. The summed E-state index contributed by atoms with van der Waals surface area (Å²) in [5.41, 5.74) is 3.83. The molecule has 0 bridgehead atoms. The normalized spacial score (nSPS) is 13.6. The lowest BCUT2D eigenvalue weighted by Gasteiger charge is -2.08. The van der Waals surface area contributed by atoms with Crippen molar-refractivity contribution in [1.29, 1.82) is 0 Å². The van der Waals surface area contributed by atoms with Gasteiger partial charge in [-0.05, 0) is 38.1 Å². The molecule has 0 radical (unpaired) electrons. The summed E-state index contributed by atoms with van der Waals surface area (Å²) in [6.45, 7) is 3.81. The minimum Gasteiger partial charge on any atom is -0.506 e. The Morgan fingerprint density at radius 3 is 2.14 bits per heavy atom. The number of benzene rings is 2. The van der Waals surface area contributed by atoms with E-state index in [0.29, 0.717) is 22.3 Å². The smallest absolute Gasteiger partial charge is 0.277 e. The second-order valence-corrected chi connectivity index (χ2v) is 6.98. The van der Waals surface area contributed by atoms with Crippen LogP contribution in [0.5, 0.6) is 0 Å². The zero-order valence-electron chi connectivity index (χ0n) is 16.0. The standard InChI is InChI=1S/C24H18N2O3/c1-14-11-15(2)13-17(12-14)24(29)26-21(16-7-9-25-10-8-16)20-22(27)18-5-3-4-6-19(18)23(20)28/h3-13,27H,1-2H3. The number of aliphatic hydroxyl groups is 1. The average molecular weight is 382 g/mol. The molecule has 1 amide bonds. The Hall–Kier alpha value is -3.86. The summed E-state index contributed by atoms with van der Waals surface area (Å²) in [4.78, 5) is 34.2. The van der Waals surface area contributed by atoms with Crippen molar-refractivity contribution in [3.05, 3.63) is 106 Å². The molecule has 0 spiro atoms. The van der Waals surface area contributed by atoms with Gasteiger partial charge in [0.1, 0.15) is 5.76 Å². The summed E-state index contributed by atoms with van der Waals surface area (Å²) in [6.07, 6.45) is 3.10.